The van der Waals surface area contributed by atoms with Gasteiger partial charge in [-0.25, -0.2) is 4.79 Å². The van der Waals surface area contributed by atoms with E-state index in [0.717, 1.165) is 37.2 Å². The number of aliphatic carboxylic acids is 1. The Bertz CT molecular complexity index is 621. The number of rotatable bonds is 5. The highest BCUT2D eigenvalue weighted by Crippen LogP contribution is 2.43. The molecule has 1 aromatic rings. The maximum absolute atomic E-state index is 12.5. The van der Waals surface area contributed by atoms with Gasteiger partial charge in [0, 0.05) is 25.6 Å². The van der Waals surface area contributed by atoms with E-state index in [2.05, 4.69) is 24.3 Å². The van der Waals surface area contributed by atoms with Crippen LogP contribution < -0.4 is 5.32 Å². The van der Waals surface area contributed by atoms with Crippen LogP contribution in [0.15, 0.2) is 6.20 Å². The molecule has 2 fully saturated rings. The number of aromatic nitrogens is 2. The summed E-state index contributed by atoms with van der Waals surface area (Å²) in [6.45, 7) is 6.02. The number of piperidine rings is 1. The number of carboxylic acids is 1. The molecule has 1 saturated heterocycles. The van der Waals surface area contributed by atoms with Crippen molar-refractivity contribution in [2.75, 3.05) is 18.4 Å². The van der Waals surface area contributed by atoms with Crippen molar-refractivity contribution in [3.63, 3.8) is 0 Å². The van der Waals surface area contributed by atoms with E-state index in [0.29, 0.717) is 24.8 Å². The fourth-order valence-corrected chi connectivity index (χ4v) is 3.33. The number of anilines is 1. The van der Waals surface area contributed by atoms with E-state index >= 15 is 0 Å². The number of hydrogen-bond donors (Lipinski definition) is 2. The molecule has 0 aromatic carbocycles. The fraction of sp³-hybridized carbons (Fsp3) is 0.706. The summed E-state index contributed by atoms with van der Waals surface area (Å²) in [5, 5.41) is 16.6. The molecular formula is C17H26N4O3. The van der Waals surface area contributed by atoms with Gasteiger partial charge < -0.3 is 15.3 Å². The van der Waals surface area contributed by atoms with Gasteiger partial charge in [0.15, 0.2) is 0 Å². The number of nitrogens with zero attached hydrogens (tertiary/aromatic N) is 3. The molecule has 2 amide bonds. The lowest BCUT2D eigenvalue weighted by molar-refractivity contribution is -0.143. The molecule has 0 spiro atoms. The van der Waals surface area contributed by atoms with Crippen LogP contribution in [0.4, 0.5) is 10.5 Å². The molecular weight excluding hydrogens is 308 g/mol. The first kappa shape index (κ1) is 16.8. The Balaban J connectivity index is 1.70. The SMILES string of the molecule is CC(C)Cn1ncc(NC(=O)N2CCCC(C(=O)O)C2)c1C1CC1. The van der Waals surface area contributed by atoms with Crippen molar-refractivity contribution in [3.05, 3.63) is 11.9 Å². The van der Waals surface area contributed by atoms with Crippen molar-refractivity contribution in [2.45, 2.75) is 52.0 Å². The maximum Gasteiger partial charge on any atom is 0.321 e. The zero-order valence-electron chi connectivity index (χ0n) is 14.4. The average Bonchev–Trinajstić information content (AvgIpc) is 3.30. The molecule has 2 heterocycles. The van der Waals surface area contributed by atoms with Crippen LogP contribution in [0.2, 0.25) is 0 Å². The number of carbonyl (C=O) groups is 2. The lowest BCUT2D eigenvalue weighted by Crippen LogP contribution is -2.44. The fourth-order valence-electron chi connectivity index (χ4n) is 3.33. The summed E-state index contributed by atoms with van der Waals surface area (Å²) in [6.07, 6.45) is 5.37. The molecule has 1 aromatic heterocycles. The van der Waals surface area contributed by atoms with Crippen LogP contribution in [0.25, 0.3) is 0 Å². The van der Waals surface area contributed by atoms with Gasteiger partial charge in [-0.1, -0.05) is 13.8 Å². The Morgan fingerprint density at radius 3 is 2.75 bits per heavy atom. The molecule has 24 heavy (non-hydrogen) atoms. The Morgan fingerprint density at radius 2 is 2.12 bits per heavy atom. The molecule has 1 unspecified atom stereocenters. The van der Waals surface area contributed by atoms with Crippen LogP contribution in [0.1, 0.15) is 51.1 Å². The van der Waals surface area contributed by atoms with Crippen LogP contribution in [0.5, 0.6) is 0 Å². The summed E-state index contributed by atoms with van der Waals surface area (Å²) in [5.74, 6) is -0.314. The normalized spacial score (nSPS) is 21.1. The van der Waals surface area contributed by atoms with E-state index < -0.39 is 11.9 Å². The lowest BCUT2D eigenvalue weighted by Gasteiger charge is -2.30. The van der Waals surface area contributed by atoms with Gasteiger partial charge in [-0.3, -0.25) is 9.48 Å². The summed E-state index contributed by atoms with van der Waals surface area (Å²) in [7, 11) is 0. The molecule has 2 N–H and O–H groups in total. The molecule has 1 saturated carbocycles. The highest BCUT2D eigenvalue weighted by molar-refractivity contribution is 5.90. The summed E-state index contributed by atoms with van der Waals surface area (Å²) >= 11 is 0. The lowest BCUT2D eigenvalue weighted by atomic mass is 9.99. The molecule has 132 valence electrons. The largest absolute Gasteiger partial charge is 0.481 e. The molecule has 7 nitrogen and oxygen atoms in total. The van der Waals surface area contributed by atoms with Gasteiger partial charge in [-0.15, -0.1) is 0 Å². The first-order valence-corrected chi connectivity index (χ1v) is 8.80. The highest BCUT2D eigenvalue weighted by atomic mass is 16.4. The average molecular weight is 334 g/mol. The quantitative estimate of drug-likeness (QED) is 0.867. The van der Waals surface area contributed by atoms with Crippen molar-refractivity contribution in [1.29, 1.82) is 0 Å². The van der Waals surface area contributed by atoms with E-state index in [9.17, 15) is 9.59 Å². The number of nitrogens with one attached hydrogen (secondary N) is 1. The molecule has 2 aliphatic rings. The standard InChI is InChI=1S/C17H26N4O3/c1-11(2)9-21-15(12-5-6-12)14(8-18-21)19-17(24)20-7-3-4-13(10-20)16(22)23/h8,11-13H,3-7,9-10H2,1-2H3,(H,19,24)(H,22,23). The second-order valence-electron chi connectivity index (χ2n) is 7.35. The van der Waals surface area contributed by atoms with Gasteiger partial charge in [0.1, 0.15) is 0 Å². The van der Waals surface area contributed by atoms with E-state index in [1.807, 2.05) is 4.68 Å². The second-order valence-corrected chi connectivity index (χ2v) is 7.35. The van der Waals surface area contributed by atoms with E-state index in [1.54, 1.807) is 11.1 Å². The third-order valence-corrected chi connectivity index (χ3v) is 4.68. The number of urea groups is 1. The molecule has 0 radical (unpaired) electrons. The topological polar surface area (TPSA) is 87.5 Å². The molecule has 7 heteroatoms. The van der Waals surface area contributed by atoms with Crippen molar-refractivity contribution < 1.29 is 14.7 Å². The van der Waals surface area contributed by atoms with Crippen molar-refractivity contribution >= 4 is 17.7 Å². The predicted octanol–water partition coefficient (Wildman–Crippen LogP) is 2.75. The Kier molecular flexibility index (Phi) is 4.78. The van der Waals surface area contributed by atoms with Crippen molar-refractivity contribution in [1.82, 2.24) is 14.7 Å². The van der Waals surface area contributed by atoms with Crippen LogP contribution in [0.3, 0.4) is 0 Å². The number of carboxylic acid groups (broad SMARTS) is 1. The molecule has 1 atom stereocenters. The molecule has 1 aliphatic carbocycles. The van der Waals surface area contributed by atoms with Crippen molar-refractivity contribution in [2.24, 2.45) is 11.8 Å². The zero-order valence-corrected chi connectivity index (χ0v) is 14.4. The van der Waals surface area contributed by atoms with Gasteiger partial charge in [0.2, 0.25) is 0 Å². The highest BCUT2D eigenvalue weighted by Gasteiger charge is 2.33. The van der Waals surface area contributed by atoms with E-state index in [1.165, 1.54) is 0 Å². The van der Waals surface area contributed by atoms with Gasteiger partial charge in [0.05, 0.1) is 23.5 Å². The molecule has 0 bridgehead atoms. The smallest absolute Gasteiger partial charge is 0.321 e. The first-order valence-electron chi connectivity index (χ1n) is 8.80. The molecule has 1 aliphatic heterocycles. The Labute approximate surface area is 142 Å². The minimum Gasteiger partial charge on any atom is -0.481 e. The van der Waals surface area contributed by atoms with Crippen LogP contribution in [-0.4, -0.2) is 44.9 Å². The van der Waals surface area contributed by atoms with Crippen LogP contribution in [0, 0.1) is 11.8 Å². The third-order valence-electron chi connectivity index (χ3n) is 4.68. The Morgan fingerprint density at radius 1 is 1.38 bits per heavy atom. The monoisotopic (exact) mass is 334 g/mol. The third kappa shape index (κ3) is 3.71. The van der Waals surface area contributed by atoms with Gasteiger partial charge in [-0.2, -0.15) is 5.10 Å². The van der Waals surface area contributed by atoms with Crippen molar-refractivity contribution in [3.8, 4) is 0 Å². The number of amides is 2. The zero-order chi connectivity index (χ0) is 17.3. The number of likely N-dealkylation sites (tertiary alicyclic amines) is 1. The van der Waals surface area contributed by atoms with Crippen LogP contribution in [-0.2, 0) is 11.3 Å². The van der Waals surface area contributed by atoms with E-state index in [4.69, 9.17) is 5.11 Å². The Hall–Kier alpha value is -2.05. The second kappa shape index (κ2) is 6.83. The summed E-state index contributed by atoms with van der Waals surface area (Å²) in [6, 6.07) is -0.216. The maximum atomic E-state index is 12.5. The minimum atomic E-state index is -0.823. The van der Waals surface area contributed by atoms with E-state index in [-0.39, 0.29) is 12.6 Å². The molecule has 3 rings (SSSR count). The first-order chi connectivity index (χ1) is 11.5. The predicted molar refractivity (Wildman–Crippen MR) is 90.0 cm³/mol. The number of hydrogen-bond acceptors (Lipinski definition) is 3. The van der Waals surface area contributed by atoms with Crippen LogP contribution >= 0.6 is 0 Å². The summed E-state index contributed by atoms with van der Waals surface area (Å²) < 4.78 is 2.01. The van der Waals surface area contributed by atoms with Gasteiger partial charge >= 0.3 is 12.0 Å². The summed E-state index contributed by atoms with van der Waals surface area (Å²) in [5.41, 5.74) is 1.89. The minimum absolute atomic E-state index is 0.216. The van der Waals surface area contributed by atoms with Gasteiger partial charge in [-0.05, 0) is 31.6 Å². The summed E-state index contributed by atoms with van der Waals surface area (Å²) in [4.78, 5) is 25.3. The van der Waals surface area contributed by atoms with Gasteiger partial charge in [0.25, 0.3) is 0 Å². The number of carbonyl (C=O) groups excluding carboxylic acids is 1.